The second-order valence-corrected chi connectivity index (χ2v) is 13.0. The number of aromatic amines is 1. The number of benzene rings is 2. The lowest BCUT2D eigenvalue weighted by Gasteiger charge is -2.28. The molecule has 1 aliphatic rings. The molecule has 4 atom stereocenters. The van der Waals surface area contributed by atoms with Crippen LogP contribution < -0.4 is 5.56 Å². The number of ether oxygens (including phenoxy) is 1. The molecule has 5 nitrogen and oxygen atoms in total. The van der Waals surface area contributed by atoms with Crippen molar-refractivity contribution in [2.24, 2.45) is 5.92 Å². The number of fused-ring (bicyclic) bond motifs is 1. The monoisotopic (exact) mass is 442 g/mol. The number of halogens is 1. The molecule has 31 heavy (non-hydrogen) atoms. The molecule has 0 spiro atoms. The van der Waals surface area contributed by atoms with Crippen molar-refractivity contribution in [1.82, 2.24) is 9.78 Å². The van der Waals surface area contributed by atoms with Gasteiger partial charge in [-0.1, -0.05) is 31.2 Å². The van der Waals surface area contributed by atoms with Crippen molar-refractivity contribution in [1.29, 1.82) is 0 Å². The van der Waals surface area contributed by atoms with Gasteiger partial charge in [-0.25, -0.2) is 4.68 Å². The summed E-state index contributed by atoms with van der Waals surface area (Å²) in [5, 5.41) is 13.2. The second-order valence-electron chi connectivity index (χ2n) is 9.18. The summed E-state index contributed by atoms with van der Waals surface area (Å²) in [7, 11) is -2.89. The van der Waals surface area contributed by atoms with Crippen molar-refractivity contribution in [3.8, 4) is 5.69 Å². The fraction of sp³-hybridized carbons (Fsp3) is 0.458. The molecular formula is C24H31FN2O3Si. The number of aliphatic hydroxyl groups excluding tert-OH is 1. The predicted octanol–water partition coefficient (Wildman–Crippen LogP) is 4.58. The van der Waals surface area contributed by atoms with Gasteiger partial charge in [-0.15, -0.1) is 0 Å². The Balaban J connectivity index is 1.51. The molecule has 0 unspecified atom stereocenters. The van der Waals surface area contributed by atoms with Gasteiger partial charge in [0.25, 0.3) is 5.56 Å². The van der Waals surface area contributed by atoms with Gasteiger partial charge in [0.1, 0.15) is 0 Å². The summed E-state index contributed by atoms with van der Waals surface area (Å²) in [4.78, 5) is 12.7. The molecule has 1 saturated heterocycles. The quantitative estimate of drug-likeness (QED) is 0.416. The van der Waals surface area contributed by atoms with Crippen LogP contribution in [0.1, 0.15) is 25.3 Å². The summed E-state index contributed by atoms with van der Waals surface area (Å²) < 4.78 is 22.8. The Kier molecular flexibility index (Phi) is 6.19. The zero-order valence-corrected chi connectivity index (χ0v) is 19.3. The molecule has 1 fully saturated rings. The maximum Gasteiger partial charge on any atom is 0.279 e. The van der Waals surface area contributed by atoms with Crippen LogP contribution in [0.25, 0.3) is 16.6 Å². The van der Waals surface area contributed by atoms with Crippen LogP contribution in [0.4, 0.5) is 4.11 Å². The molecule has 2 N–H and O–H groups in total. The summed E-state index contributed by atoms with van der Waals surface area (Å²) in [5.74, 6) is 0.128. The molecule has 1 aromatic heterocycles. The first-order valence-electron chi connectivity index (χ1n) is 11.0. The van der Waals surface area contributed by atoms with E-state index in [1.165, 1.54) is 0 Å². The summed E-state index contributed by atoms with van der Waals surface area (Å²) >= 11 is 0. The van der Waals surface area contributed by atoms with Gasteiger partial charge in [-0.2, -0.15) is 0 Å². The maximum atomic E-state index is 15.0. The Labute approximate surface area is 183 Å². The van der Waals surface area contributed by atoms with E-state index in [1.807, 2.05) is 48.5 Å². The number of hydrogen-bond donors (Lipinski definition) is 2. The number of aryl methyl sites for hydroxylation is 1. The number of nitrogens with one attached hydrogen (secondary N) is 1. The Morgan fingerprint density at radius 1 is 1.13 bits per heavy atom. The summed E-state index contributed by atoms with van der Waals surface area (Å²) in [6, 6.07) is 15.4. The highest BCUT2D eigenvalue weighted by atomic mass is 28.4. The number of rotatable bonds is 7. The zero-order chi connectivity index (χ0) is 22.2. The van der Waals surface area contributed by atoms with Crippen molar-refractivity contribution in [2.75, 3.05) is 6.61 Å². The van der Waals surface area contributed by atoms with Crippen LogP contribution in [-0.4, -0.2) is 42.1 Å². The van der Waals surface area contributed by atoms with Gasteiger partial charge in [0.15, 0.2) is 0 Å². The highest BCUT2D eigenvalue weighted by molar-refractivity contribution is 6.72. The summed E-state index contributed by atoms with van der Waals surface area (Å²) in [5.41, 5.74) is 2.56. The van der Waals surface area contributed by atoms with Crippen LogP contribution in [0.5, 0.6) is 0 Å². The summed E-state index contributed by atoms with van der Waals surface area (Å²) in [6.07, 6.45) is 1.83. The Morgan fingerprint density at radius 3 is 2.61 bits per heavy atom. The Morgan fingerprint density at radius 2 is 1.90 bits per heavy atom. The van der Waals surface area contributed by atoms with Crippen molar-refractivity contribution in [3.05, 3.63) is 64.4 Å². The fourth-order valence-electron chi connectivity index (χ4n) is 5.18. The van der Waals surface area contributed by atoms with Gasteiger partial charge >= 0.3 is 0 Å². The van der Waals surface area contributed by atoms with Crippen LogP contribution in [-0.2, 0) is 11.2 Å². The van der Waals surface area contributed by atoms with Gasteiger partial charge in [0, 0.05) is 12.1 Å². The van der Waals surface area contributed by atoms with E-state index in [0.717, 1.165) is 29.6 Å². The van der Waals surface area contributed by atoms with Crippen molar-refractivity contribution in [2.45, 2.75) is 57.0 Å². The van der Waals surface area contributed by atoms with Crippen LogP contribution >= 0.6 is 0 Å². The van der Waals surface area contributed by atoms with Gasteiger partial charge in [-0.3, -0.25) is 9.89 Å². The number of aromatic nitrogens is 2. The normalized spacial score (nSPS) is 24.2. The first-order chi connectivity index (χ1) is 14.8. The highest BCUT2D eigenvalue weighted by Crippen LogP contribution is 2.46. The Bertz CT molecular complexity index is 1100. The van der Waals surface area contributed by atoms with Crippen molar-refractivity contribution in [3.63, 3.8) is 0 Å². The minimum atomic E-state index is -2.89. The molecular weight excluding hydrogens is 411 g/mol. The third-order valence-electron chi connectivity index (χ3n) is 6.59. The Hall–Kier alpha value is -2.22. The lowest BCUT2D eigenvalue weighted by molar-refractivity contribution is 0.0193. The molecule has 166 valence electrons. The number of aliphatic hydroxyl groups is 1. The smallest absolute Gasteiger partial charge is 0.279 e. The number of H-pyrrole nitrogens is 1. The number of hydrogen-bond acceptors (Lipinski definition) is 3. The van der Waals surface area contributed by atoms with E-state index in [4.69, 9.17) is 4.74 Å². The first kappa shape index (κ1) is 22.0. The topological polar surface area (TPSA) is 67.2 Å². The zero-order valence-electron chi connectivity index (χ0n) is 18.3. The van der Waals surface area contributed by atoms with E-state index in [0.29, 0.717) is 11.8 Å². The first-order valence-corrected chi connectivity index (χ1v) is 14.0. The van der Waals surface area contributed by atoms with Crippen LogP contribution in [0.3, 0.4) is 0 Å². The van der Waals surface area contributed by atoms with Gasteiger partial charge in [-0.05, 0) is 68.1 Å². The second kappa shape index (κ2) is 8.73. The predicted molar refractivity (Wildman–Crippen MR) is 124 cm³/mol. The fourth-order valence-corrected chi connectivity index (χ4v) is 7.77. The van der Waals surface area contributed by atoms with E-state index in [2.05, 4.69) is 12.0 Å². The van der Waals surface area contributed by atoms with Crippen molar-refractivity contribution >= 4 is 19.3 Å². The summed E-state index contributed by atoms with van der Waals surface area (Å²) in [6.45, 7) is 5.59. The number of para-hydroxylation sites is 1. The van der Waals surface area contributed by atoms with Gasteiger partial charge < -0.3 is 14.0 Å². The lowest BCUT2D eigenvalue weighted by atomic mass is 9.95. The minimum Gasteiger partial charge on any atom is -0.396 e. The van der Waals surface area contributed by atoms with E-state index in [-0.39, 0.29) is 35.8 Å². The third kappa shape index (κ3) is 4.40. The average molecular weight is 443 g/mol. The molecule has 0 bridgehead atoms. The molecule has 0 saturated carbocycles. The molecule has 0 radical (unpaired) electrons. The lowest BCUT2D eigenvalue weighted by Crippen LogP contribution is -2.36. The minimum absolute atomic E-state index is 0.0202. The van der Waals surface area contributed by atoms with Crippen LogP contribution in [0.2, 0.25) is 18.6 Å². The molecule has 4 rings (SSSR count). The number of nitrogens with zero attached hydrogens (tertiary/aromatic N) is 1. The average Bonchev–Trinajstić information content (AvgIpc) is 3.24. The molecule has 2 aromatic carbocycles. The van der Waals surface area contributed by atoms with Crippen LogP contribution in [0.15, 0.2) is 53.3 Å². The largest absolute Gasteiger partial charge is 0.396 e. The molecule has 3 aromatic rings. The molecule has 0 amide bonds. The van der Waals surface area contributed by atoms with E-state index in [9.17, 15) is 14.0 Å². The molecule has 2 heterocycles. The van der Waals surface area contributed by atoms with E-state index in [1.54, 1.807) is 17.8 Å². The SMILES string of the molecule is C[C@@H]1[C@@H]([Si](C)(C)F)[C@H](CCO)O[C@@H]1CCc1cccc(-n2[nH]c3ccccc3c2=O)c1. The molecule has 7 heteroatoms. The molecule has 0 aliphatic carbocycles. The standard InChI is InChI=1S/C24H31FN2O3Si/c1-16-21(30-22(13-14-28)23(16)31(2,3)25)12-11-17-7-6-8-18(15-17)27-24(29)19-9-4-5-10-20(19)26-27/h4-10,15-16,21-23,26,28H,11-14H2,1-3H3/t16-,21+,22-,23+/m0/s1. The third-order valence-corrected chi connectivity index (χ3v) is 9.07. The van der Waals surface area contributed by atoms with Crippen LogP contribution in [0, 0.1) is 5.92 Å². The van der Waals surface area contributed by atoms with Gasteiger partial charge in [0.05, 0.1) is 28.8 Å². The van der Waals surface area contributed by atoms with Crippen molar-refractivity contribution < 1.29 is 14.0 Å². The highest BCUT2D eigenvalue weighted by Gasteiger charge is 2.50. The maximum absolute atomic E-state index is 15.0. The van der Waals surface area contributed by atoms with E-state index >= 15 is 0 Å². The van der Waals surface area contributed by atoms with Gasteiger partial charge in [0.2, 0.25) is 8.41 Å². The molecule has 1 aliphatic heterocycles. The van der Waals surface area contributed by atoms with E-state index < -0.39 is 8.41 Å².